The average molecular weight is 399 g/mol. The maximum absolute atomic E-state index is 11.9. The van der Waals surface area contributed by atoms with Gasteiger partial charge < -0.3 is 9.47 Å². The van der Waals surface area contributed by atoms with E-state index in [0.717, 1.165) is 42.5 Å². The predicted molar refractivity (Wildman–Crippen MR) is 108 cm³/mol. The number of ether oxygens (including phenoxy) is 2. The third-order valence-electron chi connectivity index (χ3n) is 5.13. The lowest BCUT2D eigenvalue weighted by atomic mass is 9.94. The minimum atomic E-state index is -0.0992. The molecule has 1 aliphatic heterocycles. The van der Waals surface area contributed by atoms with Crippen LogP contribution in [0.3, 0.4) is 0 Å². The van der Waals surface area contributed by atoms with Gasteiger partial charge in [0.15, 0.2) is 0 Å². The molecule has 1 saturated heterocycles. The van der Waals surface area contributed by atoms with Gasteiger partial charge >= 0.3 is 5.97 Å². The minimum absolute atomic E-state index is 0.0992. The molecule has 0 bridgehead atoms. The van der Waals surface area contributed by atoms with E-state index in [1.165, 1.54) is 31.0 Å². The summed E-state index contributed by atoms with van der Waals surface area (Å²) in [5.41, 5.74) is 0.994. The zero-order valence-corrected chi connectivity index (χ0v) is 18.2. The second-order valence-electron chi connectivity index (χ2n) is 8.47. The molecule has 0 spiro atoms. The molecule has 1 fully saturated rings. The lowest BCUT2D eigenvalue weighted by Crippen LogP contribution is -2.52. The van der Waals surface area contributed by atoms with Gasteiger partial charge in [0.2, 0.25) is 12.6 Å². The van der Waals surface area contributed by atoms with E-state index in [2.05, 4.69) is 22.7 Å². The van der Waals surface area contributed by atoms with Crippen LogP contribution in [0, 0.1) is 5.92 Å². The van der Waals surface area contributed by atoms with Gasteiger partial charge in [-0.05, 0) is 25.2 Å². The van der Waals surface area contributed by atoms with E-state index in [-0.39, 0.29) is 5.97 Å². The molecule has 2 rings (SSSR count). The van der Waals surface area contributed by atoms with Crippen molar-refractivity contribution in [1.29, 1.82) is 0 Å². The summed E-state index contributed by atoms with van der Waals surface area (Å²) < 4.78 is 21.2. The Morgan fingerprint density at radius 2 is 2.11 bits per heavy atom. The summed E-state index contributed by atoms with van der Waals surface area (Å²) in [5, 5.41) is 0. The number of esters is 1. The lowest BCUT2D eigenvalue weighted by molar-refractivity contribution is -0.931. The molecule has 1 aromatic rings. The maximum Gasteiger partial charge on any atom is 0.310 e. The van der Waals surface area contributed by atoms with Gasteiger partial charge in [0.05, 0.1) is 44.4 Å². The van der Waals surface area contributed by atoms with Crippen molar-refractivity contribution in [3.8, 4) is 5.88 Å². The molecule has 0 amide bonds. The molecule has 0 aromatic carbocycles. The van der Waals surface area contributed by atoms with Crippen molar-refractivity contribution < 1.29 is 18.8 Å². The number of hydrogen-bond acceptors (Lipinski definition) is 6. The molecule has 2 heterocycles. The molecular weight excluding hydrogens is 362 g/mol. The molecule has 27 heavy (non-hydrogen) atoms. The summed E-state index contributed by atoms with van der Waals surface area (Å²) in [7, 11) is 2.17. The topological polar surface area (TPSA) is 61.3 Å². The van der Waals surface area contributed by atoms with Crippen molar-refractivity contribution in [2.24, 2.45) is 5.92 Å². The fraction of sp³-hybridized carbons (Fsp3) is 0.850. The van der Waals surface area contributed by atoms with Gasteiger partial charge in [-0.1, -0.05) is 40.0 Å². The lowest BCUT2D eigenvalue weighted by Gasteiger charge is -2.40. The summed E-state index contributed by atoms with van der Waals surface area (Å²) in [6, 6.07) is 0. The van der Waals surface area contributed by atoms with Crippen LogP contribution >= 0.6 is 11.7 Å². The highest BCUT2D eigenvalue weighted by atomic mass is 32.1. The normalized spacial score (nSPS) is 22.8. The zero-order chi connectivity index (χ0) is 19.7. The van der Waals surface area contributed by atoms with Gasteiger partial charge in [0.1, 0.15) is 5.69 Å². The molecule has 7 heteroatoms. The van der Waals surface area contributed by atoms with Crippen molar-refractivity contribution >= 4 is 17.7 Å². The summed E-state index contributed by atoms with van der Waals surface area (Å²) >= 11 is 1.24. The molecule has 2 atom stereocenters. The molecule has 154 valence electrons. The van der Waals surface area contributed by atoms with E-state index in [1.807, 2.05) is 13.8 Å². The molecule has 0 saturated carbocycles. The Kier molecular flexibility index (Phi) is 8.96. The fourth-order valence-electron chi connectivity index (χ4n) is 3.63. The van der Waals surface area contributed by atoms with Crippen LogP contribution in [0.1, 0.15) is 77.3 Å². The number of aromatic nitrogens is 2. The summed E-state index contributed by atoms with van der Waals surface area (Å²) in [6.07, 6.45) is 7.40. The monoisotopic (exact) mass is 398 g/mol. The van der Waals surface area contributed by atoms with E-state index < -0.39 is 0 Å². The van der Waals surface area contributed by atoms with Gasteiger partial charge in [-0.25, -0.2) is 0 Å². The molecule has 0 aliphatic carbocycles. The number of likely N-dealkylation sites (tertiary alicyclic amines) is 1. The quantitative estimate of drug-likeness (QED) is 0.315. The Morgan fingerprint density at radius 1 is 1.30 bits per heavy atom. The van der Waals surface area contributed by atoms with Crippen molar-refractivity contribution in [2.45, 2.75) is 71.6 Å². The number of nitrogens with zero attached hydrogens (tertiary/aromatic N) is 3. The fourth-order valence-corrected chi connectivity index (χ4v) is 4.21. The summed E-state index contributed by atoms with van der Waals surface area (Å²) in [6.45, 7) is 9.36. The SMILES string of the molecule is CCCCCCOc1nsnc1C1CCC[N+](C)(COC(=O)CC(C)C)C1. The highest BCUT2D eigenvalue weighted by Crippen LogP contribution is 2.34. The first kappa shape index (κ1) is 22.1. The largest absolute Gasteiger partial charge is 0.476 e. The van der Waals surface area contributed by atoms with Crippen molar-refractivity contribution in [2.75, 3.05) is 33.5 Å². The highest BCUT2D eigenvalue weighted by molar-refractivity contribution is 6.99. The van der Waals surface area contributed by atoms with Crippen molar-refractivity contribution in [1.82, 2.24) is 8.75 Å². The van der Waals surface area contributed by atoms with Crippen molar-refractivity contribution in [3.63, 3.8) is 0 Å². The molecule has 1 aromatic heterocycles. The van der Waals surface area contributed by atoms with Crippen LogP contribution in [-0.4, -0.2) is 52.7 Å². The average Bonchev–Trinajstić information content (AvgIpc) is 3.08. The predicted octanol–water partition coefficient (Wildman–Crippen LogP) is 4.37. The van der Waals surface area contributed by atoms with Crippen LogP contribution in [0.2, 0.25) is 0 Å². The van der Waals surface area contributed by atoms with E-state index in [1.54, 1.807) is 0 Å². The van der Waals surface area contributed by atoms with Crippen molar-refractivity contribution in [3.05, 3.63) is 5.69 Å². The Balaban J connectivity index is 1.88. The molecular formula is C20H36N3O3S+. The van der Waals surface area contributed by atoms with Crippen LogP contribution in [0.25, 0.3) is 0 Å². The number of likely N-dealkylation sites (N-methyl/N-ethyl adjacent to an activating group) is 1. The second kappa shape index (κ2) is 11.0. The maximum atomic E-state index is 11.9. The third-order valence-corrected chi connectivity index (χ3v) is 5.66. The third kappa shape index (κ3) is 7.37. The molecule has 0 radical (unpaired) electrons. The van der Waals surface area contributed by atoms with Crippen LogP contribution < -0.4 is 4.74 Å². The van der Waals surface area contributed by atoms with Gasteiger partial charge in [-0.15, -0.1) is 4.37 Å². The number of rotatable bonds is 11. The van der Waals surface area contributed by atoms with Crippen LogP contribution in [0.15, 0.2) is 0 Å². The van der Waals surface area contributed by atoms with E-state index >= 15 is 0 Å². The summed E-state index contributed by atoms with van der Waals surface area (Å²) in [5.74, 6) is 1.26. The highest BCUT2D eigenvalue weighted by Gasteiger charge is 2.36. The number of carbonyl (C=O) groups is 1. The first-order valence-corrected chi connectivity index (χ1v) is 11.1. The molecule has 2 unspecified atom stereocenters. The first-order valence-electron chi connectivity index (χ1n) is 10.4. The zero-order valence-electron chi connectivity index (χ0n) is 17.4. The Hall–Kier alpha value is -1.21. The Morgan fingerprint density at radius 3 is 2.85 bits per heavy atom. The van der Waals surface area contributed by atoms with Gasteiger partial charge in [0.25, 0.3) is 0 Å². The smallest absolute Gasteiger partial charge is 0.310 e. The van der Waals surface area contributed by atoms with Gasteiger partial charge in [-0.3, -0.25) is 9.28 Å². The number of piperidine rings is 1. The van der Waals surface area contributed by atoms with E-state index in [4.69, 9.17) is 9.47 Å². The van der Waals surface area contributed by atoms with Gasteiger partial charge in [-0.2, -0.15) is 4.37 Å². The Labute approximate surface area is 168 Å². The van der Waals surface area contributed by atoms with E-state index in [0.29, 0.717) is 37.5 Å². The second-order valence-corrected chi connectivity index (χ2v) is 9.00. The number of unbranched alkanes of at least 4 members (excludes halogenated alkanes) is 3. The Bertz CT molecular complexity index is 579. The summed E-state index contributed by atoms with van der Waals surface area (Å²) in [4.78, 5) is 11.9. The molecule has 6 nitrogen and oxygen atoms in total. The van der Waals surface area contributed by atoms with Crippen LogP contribution in [0.4, 0.5) is 0 Å². The van der Waals surface area contributed by atoms with Gasteiger partial charge in [0, 0.05) is 6.42 Å². The van der Waals surface area contributed by atoms with E-state index in [9.17, 15) is 4.79 Å². The number of carbonyl (C=O) groups excluding carboxylic acids is 1. The van der Waals surface area contributed by atoms with Crippen LogP contribution in [0.5, 0.6) is 5.88 Å². The number of hydrogen-bond donors (Lipinski definition) is 0. The number of quaternary nitrogens is 1. The molecule has 0 N–H and O–H groups in total. The standard InChI is InChI=1S/C20H36N3O3S/c1-5-6-7-8-12-25-20-19(21-27-22-20)17-10-9-11-23(4,14-17)15-26-18(24)13-16(2)3/h16-17H,5-15H2,1-4H3/q+1. The molecule has 1 aliphatic rings. The van der Waals surface area contributed by atoms with Crippen LogP contribution in [-0.2, 0) is 9.53 Å². The minimum Gasteiger partial charge on any atom is -0.476 e. The first-order chi connectivity index (χ1) is 12.9.